The Labute approximate surface area is 217 Å². The molecule has 186 valence electrons. The molecule has 1 unspecified atom stereocenters. The first kappa shape index (κ1) is 25.5. The SMILES string of the molecule is C=CCNC(=O)CSc1nc(-c2ccccc2)c(NC(=O)C2CC(=O)N(c3cccc(OC)c3)C2)s1. The Bertz CT molecular complexity index is 1260. The molecule has 8 nitrogen and oxygen atoms in total. The minimum atomic E-state index is -0.504. The van der Waals surface area contributed by atoms with Crippen molar-refractivity contribution in [2.24, 2.45) is 5.92 Å². The first-order valence-corrected chi connectivity index (χ1v) is 13.1. The van der Waals surface area contributed by atoms with E-state index in [1.807, 2.05) is 48.5 Å². The van der Waals surface area contributed by atoms with Crippen molar-refractivity contribution in [3.05, 3.63) is 67.3 Å². The number of nitrogens with zero attached hydrogens (tertiary/aromatic N) is 2. The lowest BCUT2D eigenvalue weighted by molar-refractivity contribution is -0.122. The van der Waals surface area contributed by atoms with Gasteiger partial charge in [-0.2, -0.15) is 0 Å². The summed E-state index contributed by atoms with van der Waals surface area (Å²) in [6.45, 7) is 4.28. The molecule has 0 saturated carbocycles. The van der Waals surface area contributed by atoms with Crippen LogP contribution in [0.3, 0.4) is 0 Å². The van der Waals surface area contributed by atoms with Crippen LogP contribution >= 0.6 is 23.1 Å². The molecule has 2 N–H and O–H groups in total. The zero-order chi connectivity index (χ0) is 25.5. The fraction of sp³-hybridized carbons (Fsp3) is 0.231. The Morgan fingerprint density at radius 2 is 2.06 bits per heavy atom. The van der Waals surface area contributed by atoms with Gasteiger partial charge in [0.2, 0.25) is 17.7 Å². The maximum atomic E-state index is 13.2. The van der Waals surface area contributed by atoms with Crippen LogP contribution in [0.5, 0.6) is 5.75 Å². The number of methoxy groups -OCH3 is 1. The fourth-order valence-corrected chi connectivity index (χ4v) is 5.63. The van der Waals surface area contributed by atoms with E-state index in [1.165, 1.54) is 23.1 Å². The van der Waals surface area contributed by atoms with Gasteiger partial charge >= 0.3 is 0 Å². The molecule has 2 heterocycles. The van der Waals surface area contributed by atoms with E-state index in [2.05, 4.69) is 22.2 Å². The van der Waals surface area contributed by atoms with Crippen molar-refractivity contribution in [1.82, 2.24) is 10.3 Å². The molecule has 0 spiro atoms. The van der Waals surface area contributed by atoms with Crippen LogP contribution in [0.2, 0.25) is 0 Å². The molecule has 3 amide bonds. The normalized spacial score (nSPS) is 15.0. The van der Waals surface area contributed by atoms with E-state index in [0.717, 1.165) is 5.56 Å². The molecule has 2 aromatic carbocycles. The summed E-state index contributed by atoms with van der Waals surface area (Å²) in [6, 6.07) is 16.8. The van der Waals surface area contributed by atoms with Crippen LogP contribution < -0.4 is 20.3 Å². The molecule has 4 rings (SSSR count). The number of carbonyl (C=O) groups is 3. The van der Waals surface area contributed by atoms with Crippen LogP contribution in [0.15, 0.2) is 71.6 Å². The molecule has 0 bridgehead atoms. The van der Waals surface area contributed by atoms with Gasteiger partial charge in [0.05, 0.1) is 18.8 Å². The van der Waals surface area contributed by atoms with Gasteiger partial charge in [0.1, 0.15) is 16.4 Å². The Balaban J connectivity index is 1.49. The van der Waals surface area contributed by atoms with Gasteiger partial charge in [-0.3, -0.25) is 14.4 Å². The predicted molar refractivity (Wildman–Crippen MR) is 144 cm³/mol. The zero-order valence-electron chi connectivity index (χ0n) is 19.7. The first-order chi connectivity index (χ1) is 17.5. The largest absolute Gasteiger partial charge is 0.497 e. The lowest BCUT2D eigenvalue weighted by atomic mass is 10.1. The summed E-state index contributed by atoms with van der Waals surface area (Å²) in [5.41, 5.74) is 2.19. The van der Waals surface area contributed by atoms with Crippen molar-refractivity contribution < 1.29 is 19.1 Å². The monoisotopic (exact) mass is 522 g/mol. The second-order valence-electron chi connectivity index (χ2n) is 8.00. The predicted octanol–water partition coefficient (Wildman–Crippen LogP) is 4.20. The summed E-state index contributed by atoms with van der Waals surface area (Å²) in [7, 11) is 1.57. The second kappa shape index (κ2) is 11.9. The number of thioether (sulfide) groups is 1. The number of carbonyl (C=O) groups excluding carboxylic acids is 3. The highest BCUT2D eigenvalue weighted by atomic mass is 32.2. The van der Waals surface area contributed by atoms with Crippen molar-refractivity contribution >= 4 is 51.5 Å². The third-order valence-electron chi connectivity index (χ3n) is 5.52. The molecule has 0 aliphatic carbocycles. The summed E-state index contributed by atoms with van der Waals surface area (Å²) >= 11 is 2.62. The summed E-state index contributed by atoms with van der Waals surface area (Å²) in [4.78, 5) is 44.2. The minimum absolute atomic E-state index is 0.113. The average molecular weight is 523 g/mol. The maximum absolute atomic E-state index is 13.2. The van der Waals surface area contributed by atoms with Crippen LogP contribution in [-0.4, -0.2) is 48.7 Å². The quantitative estimate of drug-likeness (QED) is 0.306. The van der Waals surface area contributed by atoms with Gasteiger partial charge in [0, 0.05) is 36.8 Å². The molecule has 3 aromatic rings. The third-order valence-corrected chi connectivity index (χ3v) is 7.64. The lowest BCUT2D eigenvalue weighted by Gasteiger charge is -2.17. The van der Waals surface area contributed by atoms with Crippen molar-refractivity contribution in [2.45, 2.75) is 10.8 Å². The minimum Gasteiger partial charge on any atom is -0.497 e. The van der Waals surface area contributed by atoms with Crippen LogP contribution in [-0.2, 0) is 14.4 Å². The highest BCUT2D eigenvalue weighted by Crippen LogP contribution is 2.38. The number of nitrogens with one attached hydrogen (secondary N) is 2. The van der Waals surface area contributed by atoms with Crippen LogP contribution in [0.25, 0.3) is 11.3 Å². The number of amides is 3. The Hall–Kier alpha value is -3.63. The molecule has 0 radical (unpaired) electrons. The highest BCUT2D eigenvalue weighted by molar-refractivity contribution is 8.01. The number of thiazole rings is 1. The van der Waals surface area contributed by atoms with Crippen molar-refractivity contribution in [1.29, 1.82) is 0 Å². The third kappa shape index (κ3) is 6.13. The fourth-order valence-electron chi connectivity index (χ4n) is 3.73. The van der Waals surface area contributed by atoms with Gasteiger partial charge in [-0.1, -0.05) is 65.6 Å². The van der Waals surface area contributed by atoms with Gasteiger partial charge in [0.15, 0.2) is 4.34 Å². The summed E-state index contributed by atoms with van der Waals surface area (Å²) < 4.78 is 5.93. The average Bonchev–Trinajstić information content (AvgIpc) is 3.50. The van der Waals surface area contributed by atoms with E-state index in [9.17, 15) is 14.4 Å². The topological polar surface area (TPSA) is 101 Å². The maximum Gasteiger partial charge on any atom is 0.230 e. The molecular weight excluding hydrogens is 496 g/mol. The molecular formula is C26H26N4O4S2. The van der Waals surface area contributed by atoms with Crippen molar-refractivity contribution in [3.63, 3.8) is 0 Å². The number of anilines is 2. The molecule has 1 aliphatic rings. The Morgan fingerprint density at radius 1 is 1.25 bits per heavy atom. The first-order valence-electron chi connectivity index (χ1n) is 11.3. The number of hydrogen-bond donors (Lipinski definition) is 2. The number of aromatic nitrogens is 1. The van der Waals surface area contributed by atoms with Gasteiger partial charge in [-0.25, -0.2) is 4.98 Å². The van der Waals surface area contributed by atoms with E-state index in [-0.39, 0.29) is 36.4 Å². The number of rotatable bonds is 10. The molecule has 1 fully saturated rings. The summed E-state index contributed by atoms with van der Waals surface area (Å²) in [5.74, 6) is -0.129. The lowest BCUT2D eigenvalue weighted by Crippen LogP contribution is -2.28. The summed E-state index contributed by atoms with van der Waals surface area (Å²) in [6.07, 6.45) is 1.74. The molecule has 1 saturated heterocycles. The number of hydrogen-bond acceptors (Lipinski definition) is 7. The van der Waals surface area contributed by atoms with Crippen LogP contribution in [0.4, 0.5) is 10.7 Å². The second-order valence-corrected chi connectivity index (χ2v) is 10.2. The van der Waals surface area contributed by atoms with Gasteiger partial charge in [0.25, 0.3) is 0 Å². The van der Waals surface area contributed by atoms with E-state index in [0.29, 0.717) is 33.0 Å². The van der Waals surface area contributed by atoms with Crippen molar-refractivity contribution in [3.8, 4) is 17.0 Å². The van der Waals surface area contributed by atoms with E-state index in [4.69, 9.17) is 4.74 Å². The van der Waals surface area contributed by atoms with Crippen LogP contribution in [0.1, 0.15) is 6.42 Å². The smallest absolute Gasteiger partial charge is 0.230 e. The highest BCUT2D eigenvalue weighted by Gasteiger charge is 2.36. The zero-order valence-corrected chi connectivity index (χ0v) is 21.4. The van der Waals surface area contributed by atoms with E-state index in [1.54, 1.807) is 24.2 Å². The Kier molecular flexibility index (Phi) is 8.40. The van der Waals surface area contributed by atoms with Gasteiger partial charge in [-0.15, -0.1) is 6.58 Å². The van der Waals surface area contributed by atoms with Gasteiger partial charge < -0.3 is 20.3 Å². The Morgan fingerprint density at radius 3 is 2.81 bits per heavy atom. The summed E-state index contributed by atoms with van der Waals surface area (Å²) in [5, 5.41) is 6.32. The molecule has 1 aliphatic heterocycles. The van der Waals surface area contributed by atoms with Gasteiger partial charge in [-0.05, 0) is 12.1 Å². The van der Waals surface area contributed by atoms with E-state index < -0.39 is 5.92 Å². The molecule has 10 heteroatoms. The number of ether oxygens (including phenoxy) is 1. The number of benzene rings is 2. The van der Waals surface area contributed by atoms with Crippen LogP contribution in [0, 0.1) is 5.92 Å². The standard InChI is InChI=1S/C26H26N4O4S2/c1-3-12-27-21(31)16-35-26-28-23(17-8-5-4-6-9-17)25(36-26)29-24(33)18-13-22(32)30(15-18)19-10-7-11-20(14-19)34-2/h3-11,14,18H,1,12-13,15-16H2,2H3,(H,27,31)(H,29,33). The molecule has 1 aromatic heterocycles. The molecule has 36 heavy (non-hydrogen) atoms. The van der Waals surface area contributed by atoms with E-state index >= 15 is 0 Å². The van der Waals surface area contributed by atoms with Crippen molar-refractivity contribution in [2.75, 3.05) is 36.2 Å². The molecule has 1 atom stereocenters.